The van der Waals surface area contributed by atoms with E-state index in [1.54, 1.807) is 26.3 Å². The SMILES string of the molecule is COc1c(NC(=O)CSCc2nc(C)no2)ccnc1C.O=CO. The van der Waals surface area contributed by atoms with E-state index in [0.29, 0.717) is 28.9 Å². The number of anilines is 1. The van der Waals surface area contributed by atoms with Gasteiger partial charge in [0.25, 0.3) is 6.47 Å². The Morgan fingerprint density at radius 3 is 2.79 bits per heavy atom. The number of hydrogen-bond donors (Lipinski definition) is 2. The largest absolute Gasteiger partial charge is 0.493 e. The van der Waals surface area contributed by atoms with Crippen LogP contribution in [-0.2, 0) is 15.3 Å². The lowest BCUT2D eigenvalue weighted by Crippen LogP contribution is -2.15. The fourth-order valence-electron chi connectivity index (χ4n) is 1.72. The van der Waals surface area contributed by atoms with Crippen LogP contribution in [-0.4, -0.2) is 45.5 Å². The summed E-state index contributed by atoms with van der Waals surface area (Å²) in [5.74, 6) is 2.34. The normalized spacial score (nSPS) is 9.62. The van der Waals surface area contributed by atoms with Crippen LogP contribution in [0.25, 0.3) is 0 Å². The van der Waals surface area contributed by atoms with Crippen molar-refractivity contribution in [1.82, 2.24) is 15.1 Å². The summed E-state index contributed by atoms with van der Waals surface area (Å²) in [5.41, 5.74) is 1.34. The number of carbonyl (C=O) groups excluding carboxylic acids is 1. The first-order valence-corrected chi connectivity index (χ1v) is 7.91. The van der Waals surface area contributed by atoms with Crippen molar-refractivity contribution < 1.29 is 24.0 Å². The van der Waals surface area contributed by atoms with Crippen LogP contribution in [0, 0.1) is 13.8 Å². The van der Waals surface area contributed by atoms with Gasteiger partial charge in [-0.1, -0.05) is 5.16 Å². The highest BCUT2D eigenvalue weighted by molar-refractivity contribution is 7.99. The zero-order chi connectivity index (χ0) is 17.9. The van der Waals surface area contributed by atoms with Gasteiger partial charge in [-0.3, -0.25) is 14.6 Å². The fourth-order valence-corrected chi connectivity index (χ4v) is 2.38. The molecule has 9 nitrogen and oxygen atoms in total. The van der Waals surface area contributed by atoms with Crippen LogP contribution in [0.15, 0.2) is 16.8 Å². The Morgan fingerprint density at radius 1 is 1.50 bits per heavy atom. The van der Waals surface area contributed by atoms with Gasteiger partial charge in [0.15, 0.2) is 11.6 Å². The molecule has 0 fully saturated rings. The Labute approximate surface area is 142 Å². The Hall–Kier alpha value is -2.62. The summed E-state index contributed by atoms with van der Waals surface area (Å²) in [4.78, 5) is 28.5. The molecule has 0 aliphatic rings. The lowest BCUT2D eigenvalue weighted by Gasteiger charge is -2.11. The molecule has 0 aromatic carbocycles. The molecule has 2 heterocycles. The van der Waals surface area contributed by atoms with Crippen LogP contribution in [0.2, 0.25) is 0 Å². The van der Waals surface area contributed by atoms with Crippen LogP contribution < -0.4 is 10.1 Å². The molecule has 130 valence electrons. The summed E-state index contributed by atoms with van der Waals surface area (Å²) in [5, 5.41) is 13.4. The van der Waals surface area contributed by atoms with Crippen molar-refractivity contribution in [1.29, 1.82) is 0 Å². The zero-order valence-corrected chi connectivity index (χ0v) is 14.3. The van der Waals surface area contributed by atoms with E-state index in [9.17, 15) is 4.79 Å². The van der Waals surface area contributed by atoms with E-state index in [-0.39, 0.29) is 18.1 Å². The predicted octanol–water partition coefficient (Wildman–Crippen LogP) is 1.66. The molecule has 0 aliphatic carbocycles. The number of carbonyl (C=O) groups is 2. The summed E-state index contributed by atoms with van der Waals surface area (Å²) in [6.07, 6.45) is 1.63. The van der Waals surface area contributed by atoms with E-state index in [2.05, 4.69) is 20.4 Å². The van der Waals surface area contributed by atoms with Crippen LogP contribution in [0.3, 0.4) is 0 Å². The zero-order valence-electron chi connectivity index (χ0n) is 13.5. The number of aromatic nitrogens is 3. The molecule has 0 saturated carbocycles. The van der Waals surface area contributed by atoms with Crippen molar-refractivity contribution in [2.75, 3.05) is 18.2 Å². The minimum atomic E-state index is -0.250. The number of methoxy groups -OCH3 is 1. The molecule has 0 saturated heterocycles. The summed E-state index contributed by atoms with van der Waals surface area (Å²) in [6, 6.07) is 1.70. The minimum Gasteiger partial charge on any atom is -0.493 e. The molecule has 0 aliphatic heterocycles. The highest BCUT2D eigenvalue weighted by Gasteiger charge is 2.11. The maximum atomic E-state index is 11.9. The van der Waals surface area contributed by atoms with Gasteiger partial charge in [0, 0.05) is 6.20 Å². The molecule has 0 radical (unpaired) electrons. The minimum absolute atomic E-state index is 0.125. The molecule has 0 unspecified atom stereocenters. The average Bonchev–Trinajstić information content (AvgIpc) is 2.94. The van der Waals surface area contributed by atoms with Crippen molar-refractivity contribution in [3.8, 4) is 5.75 Å². The Balaban J connectivity index is 0.000000891. The van der Waals surface area contributed by atoms with E-state index >= 15 is 0 Å². The fraction of sp³-hybridized carbons (Fsp3) is 0.357. The van der Waals surface area contributed by atoms with Gasteiger partial charge < -0.3 is 19.7 Å². The van der Waals surface area contributed by atoms with Crippen LogP contribution in [0.5, 0.6) is 5.75 Å². The summed E-state index contributed by atoms with van der Waals surface area (Å²) < 4.78 is 10.2. The van der Waals surface area contributed by atoms with E-state index < -0.39 is 0 Å². The number of thioether (sulfide) groups is 1. The first kappa shape index (κ1) is 19.4. The topological polar surface area (TPSA) is 127 Å². The second-order valence-electron chi connectivity index (χ2n) is 4.36. The highest BCUT2D eigenvalue weighted by atomic mass is 32.2. The van der Waals surface area contributed by atoms with Crippen molar-refractivity contribution in [2.24, 2.45) is 0 Å². The quantitative estimate of drug-likeness (QED) is 0.744. The molecule has 2 aromatic rings. The van der Waals surface area contributed by atoms with E-state index in [1.807, 2.05) is 6.92 Å². The Morgan fingerprint density at radius 2 is 2.21 bits per heavy atom. The van der Waals surface area contributed by atoms with E-state index in [4.69, 9.17) is 19.2 Å². The third-order valence-corrected chi connectivity index (χ3v) is 3.51. The van der Waals surface area contributed by atoms with Crippen LogP contribution in [0.1, 0.15) is 17.4 Å². The number of amides is 1. The van der Waals surface area contributed by atoms with Gasteiger partial charge in [-0.25, -0.2) is 0 Å². The lowest BCUT2D eigenvalue weighted by atomic mass is 10.3. The molecular weight excluding hydrogens is 336 g/mol. The predicted molar refractivity (Wildman–Crippen MR) is 88.0 cm³/mol. The van der Waals surface area contributed by atoms with Gasteiger partial charge in [0.1, 0.15) is 0 Å². The summed E-state index contributed by atoms with van der Waals surface area (Å²) in [6.45, 7) is 3.32. The number of aryl methyl sites for hydroxylation is 2. The Kier molecular flexibility index (Phi) is 8.26. The number of hydrogen-bond acceptors (Lipinski definition) is 8. The number of nitrogens with one attached hydrogen (secondary N) is 1. The average molecular weight is 354 g/mol. The van der Waals surface area contributed by atoms with Crippen molar-refractivity contribution in [2.45, 2.75) is 19.6 Å². The van der Waals surface area contributed by atoms with Gasteiger partial charge in [0.05, 0.1) is 30.0 Å². The molecule has 0 bridgehead atoms. The van der Waals surface area contributed by atoms with Gasteiger partial charge in [-0.15, -0.1) is 11.8 Å². The smallest absolute Gasteiger partial charge is 0.290 e. The van der Waals surface area contributed by atoms with E-state index in [1.165, 1.54) is 11.8 Å². The standard InChI is InChI=1S/C13H16N4O3S.CH2O2/c1-8-13(19-3)10(4-5-14-8)16-11(18)6-21-7-12-15-9(2)17-20-12;2-1-3/h4-5H,6-7H2,1-3H3,(H,14,16,18);1H,(H,2,3). The van der Waals surface area contributed by atoms with Crippen molar-refractivity contribution in [3.05, 3.63) is 29.7 Å². The molecular formula is C14H18N4O5S. The van der Waals surface area contributed by atoms with Gasteiger partial charge >= 0.3 is 0 Å². The number of ether oxygens (including phenoxy) is 1. The molecule has 2 rings (SSSR count). The molecule has 2 aromatic heterocycles. The molecule has 0 atom stereocenters. The monoisotopic (exact) mass is 354 g/mol. The number of rotatable bonds is 6. The van der Waals surface area contributed by atoms with Crippen LogP contribution >= 0.6 is 11.8 Å². The van der Waals surface area contributed by atoms with Gasteiger partial charge in [-0.05, 0) is 19.9 Å². The number of carboxylic acid groups (broad SMARTS) is 1. The van der Waals surface area contributed by atoms with Gasteiger partial charge in [-0.2, -0.15) is 4.98 Å². The van der Waals surface area contributed by atoms with Gasteiger partial charge in [0.2, 0.25) is 11.8 Å². The molecule has 2 N–H and O–H groups in total. The summed E-state index contributed by atoms with van der Waals surface area (Å²) in [7, 11) is 1.55. The van der Waals surface area contributed by atoms with Crippen molar-refractivity contribution in [3.63, 3.8) is 0 Å². The maximum Gasteiger partial charge on any atom is 0.290 e. The number of nitrogens with zero attached hydrogens (tertiary/aromatic N) is 3. The first-order valence-electron chi connectivity index (χ1n) is 6.76. The van der Waals surface area contributed by atoms with E-state index in [0.717, 1.165) is 5.69 Å². The van der Waals surface area contributed by atoms with Crippen molar-refractivity contribution >= 4 is 29.8 Å². The highest BCUT2D eigenvalue weighted by Crippen LogP contribution is 2.26. The number of pyridine rings is 1. The lowest BCUT2D eigenvalue weighted by molar-refractivity contribution is -0.123. The maximum absolute atomic E-state index is 11.9. The molecule has 0 spiro atoms. The summed E-state index contributed by atoms with van der Waals surface area (Å²) >= 11 is 1.40. The third kappa shape index (κ3) is 6.24. The third-order valence-electron chi connectivity index (χ3n) is 2.59. The first-order chi connectivity index (χ1) is 11.5. The molecule has 10 heteroatoms. The van der Waals surface area contributed by atoms with Crippen LogP contribution in [0.4, 0.5) is 5.69 Å². The second-order valence-corrected chi connectivity index (χ2v) is 5.34. The molecule has 24 heavy (non-hydrogen) atoms. The Bertz CT molecular complexity index is 677. The molecule has 1 amide bonds. The second kappa shape index (κ2) is 10.2.